The zero-order chi connectivity index (χ0) is 16.0. The predicted octanol–water partition coefficient (Wildman–Crippen LogP) is 2.08. The maximum Gasteiger partial charge on any atom is 0.188 e. The van der Waals surface area contributed by atoms with Crippen molar-refractivity contribution in [2.75, 3.05) is 0 Å². The largest absolute Gasteiger partial charge is 0.393 e. The van der Waals surface area contributed by atoms with Crippen LogP contribution in [-0.4, -0.2) is 33.3 Å². The summed E-state index contributed by atoms with van der Waals surface area (Å²) < 4.78 is 0. The standard InChI is InChI=1S/C15H28O4S/c1-6-12(16)10(4)14(18)11(5)13(17)8(2)7-9(3)15(19)20/h8-12,14,16,18H,6-7H2,1-5H3,(H,19,20)/t8-,9+,10+,11?,12-,14?/m1/s1. The van der Waals surface area contributed by atoms with Crippen LogP contribution in [0.4, 0.5) is 0 Å². The van der Waals surface area contributed by atoms with E-state index in [1.165, 1.54) is 0 Å². The lowest BCUT2D eigenvalue weighted by Gasteiger charge is -2.29. The van der Waals surface area contributed by atoms with E-state index in [0.29, 0.717) is 12.8 Å². The van der Waals surface area contributed by atoms with Crippen LogP contribution in [0.15, 0.2) is 0 Å². The fraction of sp³-hybridized carbons (Fsp3) is 0.867. The van der Waals surface area contributed by atoms with Gasteiger partial charge in [-0.3, -0.25) is 9.59 Å². The fourth-order valence-electron chi connectivity index (χ4n) is 2.42. The zero-order valence-corrected chi connectivity index (χ0v) is 13.9. The summed E-state index contributed by atoms with van der Waals surface area (Å²) in [6.45, 7) is 8.76. The zero-order valence-electron chi connectivity index (χ0n) is 13.0. The Bertz CT molecular complexity index is 332. The van der Waals surface area contributed by atoms with Gasteiger partial charge in [0.2, 0.25) is 0 Å². The van der Waals surface area contributed by atoms with Gasteiger partial charge in [-0.15, -0.1) is 12.6 Å². The van der Waals surface area contributed by atoms with E-state index in [-0.39, 0.29) is 28.7 Å². The summed E-state index contributed by atoms with van der Waals surface area (Å²) in [5.74, 6) is -1.57. The SMILES string of the molecule is CC[C@@H](O)[C@H](C)C(O)C(C)C(=O)[C@H](C)C[C@H](C)C(=O)S. The van der Waals surface area contributed by atoms with E-state index >= 15 is 0 Å². The van der Waals surface area contributed by atoms with Gasteiger partial charge in [0.15, 0.2) is 5.12 Å². The van der Waals surface area contributed by atoms with Crippen molar-refractivity contribution in [3.8, 4) is 0 Å². The Balaban J connectivity index is 4.63. The summed E-state index contributed by atoms with van der Waals surface area (Å²) in [6, 6.07) is 0. The normalized spacial score (nSPS) is 20.6. The molecule has 0 heterocycles. The van der Waals surface area contributed by atoms with E-state index in [1.807, 2.05) is 6.92 Å². The molecule has 20 heavy (non-hydrogen) atoms. The molecule has 2 unspecified atom stereocenters. The van der Waals surface area contributed by atoms with Crippen LogP contribution in [0.25, 0.3) is 0 Å². The van der Waals surface area contributed by atoms with Gasteiger partial charge in [0.1, 0.15) is 5.78 Å². The molecule has 0 aliphatic rings. The first-order valence-electron chi connectivity index (χ1n) is 7.26. The average molecular weight is 304 g/mol. The van der Waals surface area contributed by atoms with Crippen LogP contribution in [0, 0.1) is 23.7 Å². The van der Waals surface area contributed by atoms with Gasteiger partial charge in [-0.25, -0.2) is 0 Å². The number of thiol groups is 1. The summed E-state index contributed by atoms with van der Waals surface area (Å²) in [5, 5.41) is 19.7. The van der Waals surface area contributed by atoms with E-state index in [1.54, 1.807) is 27.7 Å². The lowest BCUT2D eigenvalue weighted by atomic mass is 9.81. The molecule has 0 aliphatic heterocycles. The number of rotatable bonds is 9. The number of hydrogen-bond acceptors (Lipinski definition) is 4. The highest BCUT2D eigenvalue weighted by Gasteiger charge is 2.33. The lowest BCUT2D eigenvalue weighted by molar-refractivity contribution is -0.132. The molecular weight excluding hydrogens is 276 g/mol. The van der Waals surface area contributed by atoms with Crippen molar-refractivity contribution >= 4 is 23.5 Å². The molecule has 4 nitrogen and oxygen atoms in total. The second-order valence-corrected chi connectivity index (χ2v) is 6.33. The summed E-state index contributed by atoms with van der Waals surface area (Å²) >= 11 is 3.77. The monoisotopic (exact) mass is 304 g/mol. The van der Waals surface area contributed by atoms with Crippen LogP contribution in [0.5, 0.6) is 0 Å². The second kappa shape index (κ2) is 8.80. The number of aliphatic hydroxyl groups is 2. The van der Waals surface area contributed by atoms with Gasteiger partial charge >= 0.3 is 0 Å². The van der Waals surface area contributed by atoms with Crippen LogP contribution in [0.2, 0.25) is 0 Å². The van der Waals surface area contributed by atoms with E-state index in [4.69, 9.17) is 0 Å². The number of carbonyl (C=O) groups is 2. The van der Waals surface area contributed by atoms with Crippen LogP contribution >= 0.6 is 12.6 Å². The molecule has 2 N–H and O–H groups in total. The number of carbonyl (C=O) groups excluding carboxylic acids is 2. The number of ketones is 1. The third-order valence-corrected chi connectivity index (χ3v) is 4.58. The minimum absolute atomic E-state index is 0.0749. The molecule has 0 aromatic rings. The van der Waals surface area contributed by atoms with Crippen LogP contribution in [0.1, 0.15) is 47.5 Å². The highest BCUT2D eigenvalue weighted by atomic mass is 32.1. The quantitative estimate of drug-likeness (QED) is 0.570. The third kappa shape index (κ3) is 5.54. The predicted molar refractivity (Wildman–Crippen MR) is 82.6 cm³/mol. The Morgan fingerprint density at radius 3 is 1.95 bits per heavy atom. The van der Waals surface area contributed by atoms with Gasteiger partial charge in [-0.1, -0.05) is 34.6 Å². The Kier molecular flexibility index (Phi) is 8.63. The van der Waals surface area contributed by atoms with Gasteiger partial charge in [0.25, 0.3) is 0 Å². The van der Waals surface area contributed by atoms with Gasteiger partial charge in [0, 0.05) is 23.7 Å². The van der Waals surface area contributed by atoms with E-state index < -0.39 is 18.1 Å². The number of hydrogen-bond donors (Lipinski definition) is 3. The van der Waals surface area contributed by atoms with Gasteiger partial charge in [-0.05, 0) is 12.8 Å². The van der Waals surface area contributed by atoms with E-state index in [9.17, 15) is 19.8 Å². The highest BCUT2D eigenvalue weighted by Crippen LogP contribution is 2.24. The lowest BCUT2D eigenvalue weighted by Crippen LogP contribution is -2.39. The Morgan fingerprint density at radius 2 is 1.55 bits per heavy atom. The molecule has 0 rings (SSSR count). The second-order valence-electron chi connectivity index (χ2n) is 5.89. The number of aliphatic hydroxyl groups excluding tert-OH is 2. The van der Waals surface area contributed by atoms with Crippen molar-refractivity contribution < 1.29 is 19.8 Å². The maximum atomic E-state index is 12.3. The maximum absolute atomic E-state index is 12.3. The molecule has 5 heteroatoms. The first kappa shape index (κ1) is 19.6. The molecule has 0 aromatic carbocycles. The van der Waals surface area contributed by atoms with Gasteiger partial charge < -0.3 is 10.2 Å². The first-order valence-corrected chi connectivity index (χ1v) is 7.70. The minimum atomic E-state index is -0.873. The van der Waals surface area contributed by atoms with Crippen molar-refractivity contribution in [3.63, 3.8) is 0 Å². The summed E-state index contributed by atoms with van der Waals surface area (Å²) in [5.41, 5.74) is 0. The molecule has 0 aliphatic carbocycles. The van der Waals surface area contributed by atoms with Crippen molar-refractivity contribution in [2.45, 2.75) is 59.7 Å². The molecule has 118 valence electrons. The average Bonchev–Trinajstić information content (AvgIpc) is 2.42. The number of Topliss-reactive ketones (excluding diaryl/α,β-unsaturated/α-hetero) is 1. The van der Waals surface area contributed by atoms with E-state index in [2.05, 4.69) is 12.6 Å². The molecule has 0 bridgehead atoms. The molecule has 0 fully saturated rings. The summed E-state index contributed by atoms with van der Waals surface area (Å²) in [6.07, 6.45) is -0.515. The minimum Gasteiger partial charge on any atom is -0.393 e. The smallest absolute Gasteiger partial charge is 0.188 e. The molecular formula is C15H28O4S. The summed E-state index contributed by atoms with van der Waals surface area (Å²) in [4.78, 5) is 23.4. The summed E-state index contributed by atoms with van der Waals surface area (Å²) in [7, 11) is 0. The Hall–Kier alpha value is -0.390. The van der Waals surface area contributed by atoms with Crippen molar-refractivity contribution in [3.05, 3.63) is 0 Å². The molecule has 0 radical (unpaired) electrons. The van der Waals surface area contributed by atoms with Crippen molar-refractivity contribution in [1.82, 2.24) is 0 Å². The van der Waals surface area contributed by atoms with E-state index in [0.717, 1.165) is 0 Å². The van der Waals surface area contributed by atoms with Crippen molar-refractivity contribution in [1.29, 1.82) is 0 Å². The Labute approximate surface area is 127 Å². The van der Waals surface area contributed by atoms with Crippen LogP contribution in [-0.2, 0) is 9.59 Å². The van der Waals surface area contributed by atoms with Gasteiger partial charge in [0.05, 0.1) is 12.2 Å². The molecule has 0 saturated carbocycles. The molecule has 6 atom stereocenters. The first-order chi connectivity index (χ1) is 9.13. The molecule has 0 saturated heterocycles. The topological polar surface area (TPSA) is 74.6 Å². The molecule has 0 spiro atoms. The Morgan fingerprint density at radius 1 is 1.05 bits per heavy atom. The van der Waals surface area contributed by atoms with Gasteiger partial charge in [-0.2, -0.15) is 0 Å². The molecule has 0 amide bonds. The van der Waals surface area contributed by atoms with Crippen molar-refractivity contribution in [2.24, 2.45) is 23.7 Å². The van der Waals surface area contributed by atoms with Crippen LogP contribution < -0.4 is 0 Å². The molecule has 0 aromatic heterocycles. The fourth-order valence-corrected chi connectivity index (χ4v) is 2.52. The third-order valence-electron chi connectivity index (χ3n) is 4.14. The highest BCUT2D eigenvalue weighted by molar-refractivity contribution is 7.96. The van der Waals surface area contributed by atoms with Crippen LogP contribution in [0.3, 0.4) is 0 Å².